The molecule has 2 N–H and O–H groups in total. The van der Waals surface area contributed by atoms with Crippen LogP contribution in [0.1, 0.15) is 13.3 Å². The summed E-state index contributed by atoms with van der Waals surface area (Å²) in [6.07, 6.45) is 2.43. The van der Waals surface area contributed by atoms with Crippen LogP contribution < -0.4 is 10.6 Å². The lowest BCUT2D eigenvalue weighted by Crippen LogP contribution is -2.56. The standard InChI is InChI=1S/C8H12N2OS/c1-3-4-6-5(2)9-8(12)10-7(6)11/h3,5-6H,1,4H2,2H3,(H2,9,10,11,12). The van der Waals surface area contributed by atoms with Gasteiger partial charge in [-0.05, 0) is 25.6 Å². The molecule has 12 heavy (non-hydrogen) atoms. The summed E-state index contributed by atoms with van der Waals surface area (Å²) < 4.78 is 0. The molecule has 1 heterocycles. The van der Waals surface area contributed by atoms with Crippen molar-refractivity contribution in [2.45, 2.75) is 19.4 Å². The molecular formula is C8H12N2OS. The van der Waals surface area contributed by atoms with Gasteiger partial charge in [0.15, 0.2) is 5.11 Å². The monoisotopic (exact) mass is 184 g/mol. The zero-order valence-corrected chi connectivity index (χ0v) is 7.78. The number of rotatable bonds is 2. The van der Waals surface area contributed by atoms with Crippen molar-refractivity contribution in [2.75, 3.05) is 0 Å². The van der Waals surface area contributed by atoms with E-state index in [1.165, 1.54) is 0 Å². The molecule has 0 aromatic heterocycles. The zero-order valence-electron chi connectivity index (χ0n) is 6.96. The Labute approximate surface area is 77.2 Å². The minimum Gasteiger partial charge on any atom is -0.359 e. The highest BCUT2D eigenvalue weighted by Gasteiger charge is 2.29. The maximum atomic E-state index is 11.3. The molecule has 0 radical (unpaired) electrons. The van der Waals surface area contributed by atoms with Crippen molar-refractivity contribution in [1.29, 1.82) is 0 Å². The average molecular weight is 184 g/mol. The molecule has 0 aliphatic carbocycles. The Hall–Kier alpha value is -0.900. The highest BCUT2D eigenvalue weighted by molar-refractivity contribution is 7.80. The highest BCUT2D eigenvalue weighted by Crippen LogP contribution is 2.12. The van der Waals surface area contributed by atoms with Crippen LogP contribution in [0, 0.1) is 5.92 Å². The second-order valence-corrected chi connectivity index (χ2v) is 3.29. The van der Waals surface area contributed by atoms with Gasteiger partial charge in [0.25, 0.3) is 0 Å². The van der Waals surface area contributed by atoms with Crippen LogP contribution in [0.3, 0.4) is 0 Å². The van der Waals surface area contributed by atoms with Gasteiger partial charge in [-0.2, -0.15) is 0 Å². The molecule has 0 aromatic rings. The van der Waals surface area contributed by atoms with E-state index in [0.29, 0.717) is 11.5 Å². The first-order valence-electron chi connectivity index (χ1n) is 3.87. The fourth-order valence-electron chi connectivity index (χ4n) is 1.27. The van der Waals surface area contributed by atoms with Gasteiger partial charge in [-0.3, -0.25) is 4.79 Å². The summed E-state index contributed by atoms with van der Waals surface area (Å²) in [5.41, 5.74) is 0. The molecule has 1 aliphatic heterocycles. The number of hydrogen-bond acceptors (Lipinski definition) is 2. The van der Waals surface area contributed by atoms with E-state index < -0.39 is 0 Å². The van der Waals surface area contributed by atoms with Crippen LogP contribution in [0.15, 0.2) is 12.7 Å². The summed E-state index contributed by atoms with van der Waals surface area (Å²) in [5.74, 6) is -0.0552. The second-order valence-electron chi connectivity index (χ2n) is 2.88. The maximum Gasteiger partial charge on any atom is 0.231 e. The molecule has 3 nitrogen and oxygen atoms in total. The second kappa shape index (κ2) is 3.67. The minimum absolute atomic E-state index is 0.00819. The Morgan fingerprint density at radius 2 is 2.42 bits per heavy atom. The largest absolute Gasteiger partial charge is 0.359 e. The third-order valence-corrected chi connectivity index (χ3v) is 2.18. The molecule has 0 aromatic carbocycles. The summed E-state index contributed by atoms with van der Waals surface area (Å²) in [5, 5.41) is 6.00. The number of amides is 1. The van der Waals surface area contributed by atoms with Crippen LogP contribution in [-0.2, 0) is 4.79 Å². The van der Waals surface area contributed by atoms with E-state index >= 15 is 0 Å². The van der Waals surface area contributed by atoms with E-state index in [-0.39, 0.29) is 17.9 Å². The van der Waals surface area contributed by atoms with E-state index in [9.17, 15) is 4.79 Å². The fourth-order valence-corrected chi connectivity index (χ4v) is 1.55. The van der Waals surface area contributed by atoms with E-state index in [0.717, 1.165) is 0 Å². The van der Waals surface area contributed by atoms with Gasteiger partial charge in [0.2, 0.25) is 5.91 Å². The van der Waals surface area contributed by atoms with Gasteiger partial charge in [0.05, 0.1) is 5.92 Å². The van der Waals surface area contributed by atoms with Crippen LogP contribution in [0.4, 0.5) is 0 Å². The number of allylic oxidation sites excluding steroid dienone is 1. The molecule has 1 aliphatic rings. The lowest BCUT2D eigenvalue weighted by atomic mass is 9.95. The summed E-state index contributed by atoms with van der Waals surface area (Å²) in [7, 11) is 0. The van der Waals surface area contributed by atoms with Gasteiger partial charge in [-0.25, -0.2) is 0 Å². The third kappa shape index (κ3) is 1.82. The zero-order chi connectivity index (χ0) is 9.14. The third-order valence-electron chi connectivity index (χ3n) is 1.96. The molecule has 66 valence electrons. The van der Waals surface area contributed by atoms with Gasteiger partial charge < -0.3 is 10.6 Å². The minimum atomic E-state index is -0.0470. The first-order chi connectivity index (χ1) is 5.65. The molecule has 0 spiro atoms. The van der Waals surface area contributed by atoms with E-state index in [1.807, 2.05) is 6.92 Å². The topological polar surface area (TPSA) is 41.1 Å². The summed E-state index contributed by atoms with van der Waals surface area (Å²) in [6.45, 7) is 5.55. The summed E-state index contributed by atoms with van der Waals surface area (Å²) in [4.78, 5) is 11.3. The van der Waals surface area contributed by atoms with E-state index in [1.54, 1.807) is 6.08 Å². The van der Waals surface area contributed by atoms with Crippen LogP contribution in [-0.4, -0.2) is 17.1 Å². The first-order valence-corrected chi connectivity index (χ1v) is 4.28. The first kappa shape index (κ1) is 9.19. The predicted octanol–water partition coefficient (Wildman–Crippen LogP) is 0.572. The van der Waals surface area contributed by atoms with Crippen molar-refractivity contribution < 1.29 is 4.79 Å². The van der Waals surface area contributed by atoms with Crippen molar-refractivity contribution in [3.05, 3.63) is 12.7 Å². The van der Waals surface area contributed by atoms with Gasteiger partial charge >= 0.3 is 0 Å². The fraction of sp³-hybridized carbons (Fsp3) is 0.500. The van der Waals surface area contributed by atoms with Crippen molar-refractivity contribution in [3.8, 4) is 0 Å². The molecule has 2 atom stereocenters. The Morgan fingerprint density at radius 1 is 1.75 bits per heavy atom. The highest BCUT2D eigenvalue weighted by atomic mass is 32.1. The Kier molecular flexibility index (Phi) is 2.81. The lowest BCUT2D eigenvalue weighted by Gasteiger charge is -2.29. The van der Waals surface area contributed by atoms with E-state index in [4.69, 9.17) is 12.2 Å². The number of carbonyl (C=O) groups excluding carboxylic acids is 1. The van der Waals surface area contributed by atoms with Crippen LogP contribution in [0.25, 0.3) is 0 Å². The van der Waals surface area contributed by atoms with Crippen molar-refractivity contribution in [3.63, 3.8) is 0 Å². The Balaban J connectivity index is 2.66. The van der Waals surface area contributed by atoms with Gasteiger partial charge in [0, 0.05) is 6.04 Å². The molecule has 2 unspecified atom stereocenters. The number of nitrogens with one attached hydrogen (secondary N) is 2. The van der Waals surface area contributed by atoms with E-state index in [2.05, 4.69) is 17.2 Å². The Morgan fingerprint density at radius 3 is 2.92 bits per heavy atom. The molecule has 1 fully saturated rings. The Bertz CT molecular complexity index is 227. The average Bonchev–Trinajstić information content (AvgIpc) is 1.96. The normalized spacial score (nSPS) is 29.1. The molecule has 1 amide bonds. The van der Waals surface area contributed by atoms with Gasteiger partial charge in [0.1, 0.15) is 0 Å². The van der Waals surface area contributed by atoms with Crippen molar-refractivity contribution in [1.82, 2.24) is 10.6 Å². The molecule has 4 heteroatoms. The number of thiocarbonyl (C=S) groups is 1. The number of hydrogen-bond donors (Lipinski definition) is 2. The number of carbonyl (C=O) groups is 1. The molecule has 1 saturated heterocycles. The molecular weight excluding hydrogens is 172 g/mol. The maximum absolute atomic E-state index is 11.3. The predicted molar refractivity (Wildman–Crippen MR) is 51.6 cm³/mol. The summed E-state index contributed by atoms with van der Waals surface area (Å²) in [6, 6.07) is 0.101. The summed E-state index contributed by atoms with van der Waals surface area (Å²) >= 11 is 4.83. The molecule has 0 saturated carbocycles. The quantitative estimate of drug-likeness (QED) is 0.487. The SMILES string of the molecule is C=CCC1C(=O)NC(=S)NC1C. The smallest absolute Gasteiger partial charge is 0.231 e. The van der Waals surface area contributed by atoms with Crippen molar-refractivity contribution >= 4 is 23.2 Å². The van der Waals surface area contributed by atoms with Gasteiger partial charge in [-0.15, -0.1) is 6.58 Å². The van der Waals surface area contributed by atoms with Crippen LogP contribution in [0.5, 0.6) is 0 Å². The molecule has 1 rings (SSSR count). The molecule has 0 bridgehead atoms. The van der Waals surface area contributed by atoms with Crippen LogP contribution in [0.2, 0.25) is 0 Å². The van der Waals surface area contributed by atoms with Crippen molar-refractivity contribution in [2.24, 2.45) is 5.92 Å². The van der Waals surface area contributed by atoms with Crippen LogP contribution >= 0.6 is 12.2 Å². The van der Waals surface area contributed by atoms with Gasteiger partial charge in [-0.1, -0.05) is 6.08 Å². The lowest BCUT2D eigenvalue weighted by molar-refractivity contribution is -0.124.